The number of nitrogens with zero attached hydrogens (tertiary/aromatic N) is 2. The van der Waals surface area contributed by atoms with E-state index in [9.17, 15) is 17.8 Å². The van der Waals surface area contributed by atoms with Crippen LogP contribution in [0, 0.1) is 13.8 Å². The lowest BCUT2D eigenvalue weighted by molar-refractivity contribution is 0.0948. The molecule has 2 aromatic heterocycles. The number of phosphoric acid groups is 1. The number of aryl methyl sites for hydroxylation is 2. The molecule has 0 saturated carbocycles. The highest BCUT2D eigenvalue weighted by Crippen LogP contribution is 2.38. The van der Waals surface area contributed by atoms with Gasteiger partial charge in [-0.1, -0.05) is 19.1 Å². The maximum Gasteiger partial charge on any atom is 0.469 e. The Kier molecular flexibility index (Phi) is 8.79. The number of sulfone groups is 1. The van der Waals surface area contributed by atoms with Gasteiger partial charge in [0, 0.05) is 42.2 Å². The van der Waals surface area contributed by atoms with Gasteiger partial charge in [-0.25, -0.2) is 18.0 Å². The minimum absolute atomic E-state index is 0.0243. The zero-order valence-electron chi connectivity index (χ0n) is 22.8. The number of phosphoric ester groups is 1. The number of carbonyl (C=O) groups is 1. The van der Waals surface area contributed by atoms with E-state index in [2.05, 4.69) is 19.8 Å². The van der Waals surface area contributed by atoms with Gasteiger partial charge in [0.25, 0.3) is 5.91 Å². The molecule has 4 rings (SSSR count). The van der Waals surface area contributed by atoms with Crippen molar-refractivity contribution in [3.05, 3.63) is 59.3 Å². The second-order valence-corrected chi connectivity index (χ2v) is 13.2. The van der Waals surface area contributed by atoms with Crippen molar-refractivity contribution in [3.8, 4) is 11.1 Å². The van der Waals surface area contributed by atoms with Crippen molar-refractivity contribution in [1.29, 1.82) is 0 Å². The fraction of sp³-hybridized carbons (Fsp3) is 0.333. The smallest absolute Gasteiger partial charge is 0.351 e. The van der Waals surface area contributed by atoms with E-state index >= 15 is 0 Å². The molecule has 0 aliphatic rings. The van der Waals surface area contributed by atoms with Crippen LogP contribution in [-0.4, -0.2) is 78.0 Å². The number of pyridine rings is 1. The topological polar surface area (TPSA) is 162 Å². The van der Waals surface area contributed by atoms with Crippen LogP contribution in [0.1, 0.15) is 28.4 Å². The first-order chi connectivity index (χ1) is 18.8. The number of aromatic nitrogens is 2. The molecule has 0 aliphatic heterocycles. The van der Waals surface area contributed by atoms with Gasteiger partial charge in [-0.3, -0.25) is 9.32 Å². The number of H-pyrrole nitrogens is 1. The highest BCUT2D eigenvalue weighted by molar-refractivity contribution is 7.91. The number of fused-ring (bicyclic) bond motifs is 3. The summed E-state index contributed by atoms with van der Waals surface area (Å²) in [5.74, 6) is -0.329. The minimum atomic E-state index is -4.53. The fourth-order valence-corrected chi connectivity index (χ4v) is 5.81. The lowest BCUT2D eigenvalue weighted by Crippen LogP contribution is -2.34. The van der Waals surface area contributed by atoms with Gasteiger partial charge in [0.2, 0.25) is 0 Å². The molecule has 11 nitrogen and oxygen atoms in total. The van der Waals surface area contributed by atoms with Gasteiger partial charge in [-0.15, -0.1) is 0 Å². The molecule has 0 bridgehead atoms. The first-order valence-electron chi connectivity index (χ1n) is 12.7. The van der Waals surface area contributed by atoms with Crippen LogP contribution in [0.3, 0.4) is 0 Å². The Bertz CT molecular complexity index is 1730. The second kappa shape index (κ2) is 11.8. The van der Waals surface area contributed by atoms with Crippen molar-refractivity contribution >= 4 is 45.5 Å². The SMILES string of the molecule is CCS(=O)(=O)c1cccc(-c2cc(C(=O)NCCN(C)CCOP(=O)(O)O)c(C)c3[nH]c4ncc(C)cc4c23)c1. The van der Waals surface area contributed by atoms with E-state index < -0.39 is 17.7 Å². The molecule has 2 heterocycles. The van der Waals surface area contributed by atoms with Crippen molar-refractivity contribution in [2.24, 2.45) is 0 Å². The van der Waals surface area contributed by atoms with E-state index in [1.54, 1.807) is 49.3 Å². The first kappa shape index (κ1) is 29.9. The largest absolute Gasteiger partial charge is 0.469 e. The zero-order valence-corrected chi connectivity index (χ0v) is 24.5. The molecule has 13 heteroatoms. The molecular formula is C27H33N4O7PS. The summed E-state index contributed by atoms with van der Waals surface area (Å²) in [5, 5.41) is 4.64. The molecule has 4 aromatic rings. The molecule has 0 saturated heterocycles. The molecular weight excluding hydrogens is 555 g/mol. The predicted octanol–water partition coefficient (Wildman–Crippen LogP) is 3.56. The molecule has 0 atom stereocenters. The van der Waals surface area contributed by atoms with Gasteiger partial charge < -0.3 is 25.0 Å². The maximum atomic E-state index is 13.4. The molecule has 0 unspecified atom stereocenters. The summed E-state index contributed by atoms with van der Waals surface area (Å²) in [6.45, 7) is 6.25. The van der Waals surface area contributed by atoms with E-state index in [1.165, 1.54) is 0 Å². The van der Waals surface area contributed by atoms with E-state index in [4.69, 9.17) is 9.79 Å². The molecule has 40 heavy (non-hydrogen) atoms. The molecule has 214 valence electrons. The van der Waals surface area contributed by atoms with Gasteiger partial charge in [0.1, 0.15) is 5.65 Å². The van der Waals surface area contributed by atoms with Gasteiger partial charge in [0.05, 0.1) is 22.8 Å². The number of hydrogen-bond donors (Lipinski definition) is 4. The van der Waals surface area contributed by atoms with Crippen LogP contribution < -0.4 is 5.32 Å². The lowest BCUT2D eigenvalue weighted by Gasteiger charge is -2.18. The van der Waals surface area contributed by atoms with Crippen LogP contribution in [0.4, 0.5) is 0 Å². The Balaban J connectivity index is 1.71. The summed E-state index contributed by atoms with van der Waals surface area (Å²) in [6, 6.07) is 10.6. The molecule has 0 radical (unpaired) electrons. The minimum Gasteiger partial charge on any atom is -0.351 e. The zero-order chi connectivity index (χ0) is 29.2. The second-order valence-electron chi connectivity index (χ2n) is 9.69. The monoisotopic (exact) mass is 588 g/mol. The highest BCUT2D eigenvalue weighted by atomic mass is 32.2. The first-order valence-corrected chi connectivity index (χ1v) is 15.9. The molecule has 0 spiro atoms. The normalized spacial score (nSPS) is 12.5. The van der Waals surface area contributed by atoms with Gasteiger partial charge >= 0.3 is 7.82 Å². The number of nitrogens with one attached hydrogen (secondary N) is 2. The van der Waals surface area contributed by atoms with Crippen LogP contribution >= 0.6 is 7.82 Å². The Labute approximate surface area is 232 Å². The standard InChI is InChI=1S/C27H33N4O7PS/c1-5-40(36,37)20-8-6-7-19(14-20)22-15-21(27(32)28-9-10-31(4)11-12-38-39(33,34)35)18(3)25-24(22)23-13-17(2)16-29-26(23)30-25/h6-8,13-16H,5,9-12H2,1-4H3,(H,28,32)(H,29,30)(H2,33,34,35). The third-order valence-corrected chi connectivity index (χ3v) is 9.02. The average Bonchev–Trinajstić information content (AvgIpc) is 3.27. The van der Waals surface area contributed by atoms with Crippen molar-refractivity contribution in [2.45, 2.75) is 25.7 Å². The molecule has 0 aliphatic carbocycles. The number of hydrogen-bond acceptors (Lipinski definition) is 7. The van der Waals surface area contributed by atoms with Crippen molar-refractivity contribution in [3.63, 3.8) is 0 Å². The van der Waals surface area contributed by atoms with E-state index in [1.807, 2.05) is 26.0 Å². The van der Waals surface area contributed by atoms with E-state index in [0.717, 1.165) is 27.4 Å². The van der Waals surface area contributed by atoms with Crippen LogP contribution in [0.5, 0.6) is 0 Å². The Hall–Kier alpha value is -3.12. The third-order valence-electron chi connectivity index (χ3n) is 6.76. The number of amides is 1. The predicted molar refractivity (Wildman–Crippen MR) is 154 cm³/mol. The summed E-state index contributed by atoms with van der Waals surface area (Å²) in [6.07, 6.45) is 1.76. The summed E-state index contributed by atoms with van der Waals surface area (Å²) >= 11 is 0. The highest BCUT2D eigenvalue weighted by Gasteiger charge is 2.21. The summed E-state index contributed by atoms with van der Waals surface area (Å²) in [4.78, 5) is 40.9. The van der Waals surface area contributed by atoms with Crippen LogP contribution in [0.2, 0.25) is 0 Å². The van der Waals surface area contributed by atoms with Gasteiger partial charge in [-0.05, 0) is 67.4 Å². The molecule has 2 aromatic carbocycles. The van der Waals surface area contributed by atoms with Gasteiger partial charge in [-0.2, -0.15) is 0 Å². The van der Waals surface area contributed by atoms with Crippen LogP contribution in [0.15, 0.2) is 47.5 Å². The van der Waals surface area contributed by atoms with Crippen molar-refractivity contribution in [1.82, 2.24) is 20.2 Å². The number of rotatable bonds is 11. The van der Waals surface area contributed by atoms with Crippen molar-refractivity contribution < 1.29 is 32.1 Å². The molecule has 1 amide bonds. The maximum absolute atomic E-state index is 13.4. The van der Waals surface area contributed by atoms with E-state index in [-0.39, 0.29) is 36.3 Å². The number of benzene rings is 2. The Morgan fingerprint density at radius 2 is 1.93 bits per heavy atom. The van der Waals surface area contributed by atoms with Crippen molar-refractivity contribution in [2.75, 3.05) is 39.0 Å². The van der Waals surface area contributed by atoms with E-state index in [0.29, 0.717) is 28.9 Å². The Morgan fingerprint density at radius 3 is 2.62 bits per heavy atom. The third kappa shape index (κ3) is 6.60. The van der Waals surface area contributed by atoms with Gasteiger partial charge in [0.15, 0.2) is 9.84 Å². The summed E-state index contributed by atoms with van der Waals surface area (Å²) in [5.41, 5.74) is 4.92. The number of aromatic amines is 1. The number of carbonyl (C=O) groups excluding carboxylic acids is 1. The fourth-order valence-electron chi connectivity index (χ4n) is 4.57. The Morgan fingerprint density at radius 1 is 1.18 bits per heavy atom. The summed E-state index contributed by atoms with van der Waals surface area (Å²) in [7, 11) is -6.22. The summed E-state index contributed by atoms with van der Waals surface area (Å²) < 4.78 is 40.6. The number of likely N-dealkylation sites (N-methyl/N-ethyl adjacent to an activating group) is 1. The average molecular weight is 589 g/mol. The molecule has 0 fully saturated rings. The van der Waals surface area contributed by atoms with Crippen LogP contribution in [0.25, 0.3) is 33.1 Å². The van der Waals surface area contributed by atoms with Crippen LogP contribution in [-0.2, 0) is 18.9 Å². The lowest BCUT2D eigenvalue weighted by atomic mass is 9.93. The molecule has 4 N–H and O–H groups in total. The quantitative estimate of drug-likeness (QED) is 0.192.